The van der Waals surface area contributed by atoms with Gasteiger partial charge in [-0.05, 0) is 12.1 Å². The van der Waals surface area contributed by atoms with Crippen molar-refractivity contribution in [3.8, 4) is 17.3 Å². The molecule has 0 aliphatic carbocycles. The van der Waals surface area contributed by atoms with Crippen LogP contribution >= 0.6 is 11.6 Å². The van der Waals surface area contributed by atoms with E-state index in [9.17, 15) is 18.0 Å². The molecule has 0 amide bonds. The fraction of sp³-hybridized carbons (Fsp3) is 0.0714. The van der Waals surface area contributed by atoms with Crippen molar-refractivity contribution in [2.45, 2.75) is 0 Å². The smallest absolute Gasteiger partial charge is 0.358 e. The summed E-state index contributed by atoms with van der Waals surface area (Å²) in [6.45, 7) is 0. The second-order valence-corrected chi connectivity index (χ2v) is 4.62. The summed E-state index contributed by atoms with van der Waals surface area (Å²) in [5, 5.41) is 8.14. The van der Waals surface area contributed by atoms with E-state index in [1.165, 1.54) is 6.07 Å². The van der Waals surface area contributed by atoms with Crippen LogP contribution in [0.4, 0.5) is 18.9 Å². The number of nitrogens with two attached hydrogens (primary N) is 1. The fourth-order valence-electron chi connectivity index (χ4n) is 1.79. The number of aromatic nitrogens is 1. The van der Waals surface area contributed by atoms with Gasteiger partial charge in [0.15, 0.2) is 23.1 Å². The van der Waals surface area contributed by atoms with Crippen LogP contribution in [0, 0.1) is 28.8 Å². The van der Waals surface area contributed by atoms with E-state index in [0.29, 0.717) is 0 Å². The Kier molecular flexibility index (Phi) is 4.43. The molecule has 9 heteroatoms. The van der Waals surface area contributed by atoms with Crippen LogP contribution in [0.2, 0.25) is 5.02 Å². The molecule has 5 nitrogen and oxygen atoms in total. The van der Waals surface area contributed by atoms with Crippen molar-refractivity contribution in [3.63, 3.8) is 0 Å². The Hall–Kier alpha value is -2.79. The van der Waals surface area contributed by atoms with Crippen molar-refractivity contribution >= 4 is 23.3 Å². The minimum absolute atomic E-state index is 0.507. The number of rotatable bonds is 2. The Morgan fingerprint density at radius 2 is 1.96 bits per heavy atom. The molecule has 0 unspecified atom stereocenters. The number of methoxy groups -OCH3 is 1. The van der Waals surface area contributed by atoms with Crippen molar-refractivity contribution in [1.29, 1.82) is 5.26 Å². The van der Waals surface area contributed by atoms with E-state index in [0.717, 1.165) is 19.2 Å². The molecule has 2 rings (SSSR count). The first-order chi connectivity index (χ1) is 10.8. The second kappa shape index (κ2) is 6.14. The van der Waals surface area contributed by atoms with Crippen LogP contribution in [0.25, 0.3) is 11.3 Å². The summed E-state index contributed by atoms with van der Waals surface area (Å²) in [5.74, 6) is -5.24. The number of carbonyl (C=O) groups is 1. The molecule has 0 aliphatic heterocycles. The molecule has 0 aliphatic rings. The lowest BCUT2D eigenvalue weighted by molar-refractivity contribution is 0.0594. The van der Waals surface area contributed by atoms with Gasteiger partial charge in [0.1, 0.15) is 11.8 Å². The Morgan fingerprint density at radius 3 is 2.52 bits per heavy atom. The van der Waals surface area contributed by atoms with Crippen LogP contribution in [0.3, 0.4) is 0 Å². The monoisotopic (exact) mass is 341 g/mol. The van der Waals surface area contributed by atoms with E-state index in [-0.39, 0.29) is 0 Å². The molecule has 1 aromatic heterocycles. The summed E-state index contributed by atoms with van der Waals surface area (Å²) >= 11 is 5.71. The van der Waals surface area contributed by atoms with E-state index < -0.39 is 56.6 Å². The molecule has 118 valence electrons. The van der Waals surface area contributed by atoms with Gasteiger partial charge in [0, 0.05) is 5.56 Å². The first kappa shape index (κ1) is 16.6. The number of esters is 1. The number of nitrogen functional groups attached to an aromatic ring is 1. The highest BCUT2D eigenvalue weighted by Crippen LogP contribution is 2.34. The zero-order valence-corrected chi connectivity index (χ0v) is 12.2. The number of pyridine rings is 1. The minimum Gasteiger partial charge on any atom is -0.464 e. The molecule has 2 aromatic rings. The van der Waals surface area contributed by atoms with Gasteiger partial charge < -0.3 is 10.5 Å². The SMILES string of the molecule is COC(=O)c1nc(-c2ccc(C#N)c(F)c2F)c(F)c(N)c1Cl. The lowest BCUT2D eigenvalue weighted by Gasteiger charge is -2.11. The number of ether oxygens (including phenoxy) is 1. The van der Waals surface area contributed by atoms with Gasteiger partial charge in [-0.1, -0.05) is 11.6 Å². The van der Waals surface area contributed by atoms with E-state index in [2.05, 4.69) is 9.72 Å². The summed E-state index contributed by atoms with van der Waals surface area (Å²) in [4.78, 5) is 15.2. The molecule has 0 atom stereocenters. The van der Waals surface area contributed by atoms with Crippen molar-refractivity contribution in [2.24, 2.45) is 0 Å². The number of carbonyl (C=O) groups excluding carboxylic acids is 1. The number of hydrogen-bond acceptors (Lipinski definition) is 5. The highest BCUT2D eigenvalue weighted by atomic mass is 35.5. The molecule has 0 fully saturated rings. The molecule has 2 N–H and O–H groups in total. The summed E-state index contributed by atoms with van der Waals surface area (Å²) in [5.41, 5.74) is 2.31. The van der Waals surface area contributed by atoms with Crippen LogP contribution < -0.4 is 5.73 Å². The van der Waals surface area contributed by atoms with Crippen molar-refractivity contribution in [2.75, 3.05) is 12.8 Å². The van der Waals surface area contributed by atoms with E-state index in [4.69, 9.17) is 22.6 Å². The number of nitrogens with zero attached hydrogens (tertiary/aromatic N) is 2. The molecule has 0 spiro atoms. The molecule has 0 bridgehead atoms. The second-order valence-electron chi connectivity index (χ2n) is 4.24. The minimum atomic E-state index is -1.51. The Labute approximate surface area is 133 Å². The maximum atomic E-state index is 14.2. The van der Waals surface area contributed by atoms with E-state index in [1.807, 2.05) is 0 Å². The first-order valence-corrected chi connectivity index (χ1v) is 6.32. The zero-order chi connectivity index (χ0) is 17.3. The predicted octanol–water partition coefficient (Wildman–Crippen LogP) is 3.06. The summed E-state index contributed by atoms with van der Waals surface area (Å²) < 4.78 is 46.4. The average molecular weight is 342 g/mol. The Bertz CT molecular complexity index is 866. The highest BCUT2D eigenvalue weighted by Gasteiger charge is 2.25. The molecular formula is C14H7ClF3N3O2. The molecule has 0 radical (unpaired) electrons. The topological polar surface area (TPSA) is 89.0 Å². The predicted molar refractivity (Wildman–Crippen MR) is 75.0 cm³/mol. The third-order valence-corrected chi connectivity index (χ3v) is 3.33. The van der Waals surface area contributed by atoms with Crippen molar-refractivity contribution in [1.82, 2.24) is 4.98 Å². The van der Waals surface area contributed by atoms with Crippen molar-refractivity contribution in [3.05, 3.63) is 45.9 Å². The lowest BCUT2D eigenvalue weighted by atomic mass is 10.1. The summed E-state index contributed by atoms with van der Waals surface area (Å²) in [6, 6.07) is 3.32. The number of anilines is 1. The number of benzene rings is 1. The van der Waals surface area contributed by atoms with Crippen LogP contribution in [-0.2, 0) is 4.74 Å². The Balaban J connectivity index is 2.80. The first-order valence-electron chi connectivity index (χ1n) is 5.94. The highest BCUT2D eigenvalue weighted by molar-refractivity contribution is 6.35. The quantitative estimate of drug-likeness (QED) is 0.848. The zero-order valence-electron chi connectivity index (χ0n) is 11.5. The van der Waals surface area contributed by atoms with E-state index >= 15 is 0 Å². The third kappa shape index (κ3) is 2.66. The normalized spacial score (nSPS) is 10.3. The number of hydrogen-bond donors (Lipinski definition) is 1. The third-order valence-electron chi connectivity index (χ3n) is 2.95. The molecular weight excluding hydrogens is 335 g/mol. The number of nitriles is 1. The van der Waals surface area contributed by atoms with Crippen LogP contribution in [-0.4, -0.2) is 18.1 Å². The molecule has 23 heavy (non-hydrogen) atoms. The van der Waals surface area contributed by atoms with Gasteiger partial charge in [0.05, 0.1) is 23.4 Å². The lowest BCUT2D eigenvalue weighted by Crippen LogP contribution is -2.11. The van der Waals surface area contributed by atoms with Crippen molar-refractivity contribution < 1.29 is 22.7 Å². The van der Waals surface area contributed by atoms with Gasteiger partial charge in [-0.2, -0.15) is 5.26 Å². The van der Waals surface area contributed by atoms with Gasteiger partial charge in [-0.3, -0.25) is 0 Å². The molecule has 0 saturated heterocycles. The maximum absolute atomic E-state index is 14.2. The molecule has 1 aromatic carbocycles. The Morgan fingerprint density at radius 1 is 1.30 bits per heavy atom. The van der Waals surface area contributed by atoms with Gasteiger partial charge in [-0.25, -0.2) is 22.9 Å². The molecule has 1 heterocycles. The number of halogens is 4. The maximum Gasteiger partial charge on any atom is 0.358 e. The van der Waals surface area contributed by atoms with E-state index in [1.54, 1.807) is 0 Å². The van der Waals surface area contributed by atoms with Gasteiger partial charge in [0.2, 0.25) is 0 Å². The van der Waals surface area contributed by atoms with Gasteiger partial charge in [-0.15, -0.1) is 0 Å². The average Bonchev–Trinajstić information content (AvgIpc) is 2.55. The van der Waals surface area contributed by atoms with Crippen LogP contribution in [0.1, 0.15) is 16.1 Å². The summed E-state index contributed by atoms with van der Waals surface area (Å²) in [6.07, 6.45) is 0. The summed E-state index contributed by atoms with van der Waals surface area (Å²) in [7, 11) is 1.03. The van der Waals surface area contributed by atoms with Gasteiger partial charge in [0.25, 0.3) is 0 Å². The van der Waals surface area contributed by atoms with Crippen LogP contribution in [0.5, 0.6) is 0 Å². The standard InChI is InChI=1S/C14H7ClF3N3O2/c1-23-14(22)13-7(15)11(20)10(18)12(21-13)6-3-2-5(4-19)8(16)9(6)17/h2-3H,1H3,(H2,20,21). The van der Waals surface area contributed by atoms with Crippen LogP contribution in [0.15, 0.2) is 12.1 Å². The largest absolute Gasteiger partial charge is 0.464 e. The fourth-order valence-corrected chi connectivity index (χ4v) is 1.99. The van der Waals surface area contributed by atoms with Gasteiger partial charge >= 0.3 is 5.97 Å². The molecule has 0 saturated carbocycles.